The molecule has 2 aromatic carbocycles. The zero-order chi connectivity index (χ0) is 21.9. The summed E-state index contributed by atoms with van der Waals surface area (Å²) in [7, 11) is 0. The van der Waals surface area contributed by atoms with Crippen LogP contribution in [-0.2, 0) is 12.8 Å². The number of aromatic hydroxyl groups is 1. The Hall–Kier alpha value is -2.81. The van der Waals surface area contributed by atoms with E-state index in [4.69, 9.17) is 4.42 Å². The summed E-state index contributed by atoms with van der Waals surface area (Å²) in [4.78, 5) is 13.3. The Labute approximate surface area is 190 Å². The lowest BCUT2D eigenvalue weighted by Crippen LogP contribution is -2.18. The van der Waals surface area contributed by atoms with E-state index in [2.05, 4.69) is 24.3 Å². The first-order valence-corrected chi connectivity index (χ1v) is 12.1. The van der Waals surface area contributed by atoms with Crippen molar-refractivity contribution in [2.75, 3.05) is 0 Å². The molecule has 0 atom stereocenters. The van der Waals surface area contributed by atoms with Gasteiger partial charge in [-0.25, -0.2) is 4.79 Å². The second kappa shape index (κ2) is 9.36. The highest BCUT2D eigenvalue weighted by atomic mass is 16.4. The van der Waals surface area contributed by atoms with E-state index >= 15 is 0 Å². The molecule has 3 nitrogen and oxygen atoms in total. The SMILES string of the molecule is O=c1oc(C(CC2CC2)CC2CC2)cc(O)c1C(Cc1ccccc1)Cc1ccccc1. The number of benzene rings is 2. The highest BCUT2D eigenvalue weighted by Crippen LogP contribution is 2.46. The van der Waals surface area contributed by atoms with Crippen LogP contribution in [-0.4, -0.2) is 5.11 Å². The molecular formula is C29H32O3. The summed E-state index contributed by atoms with van der Waals surface area (Å²) in [6.45, 7) is 0. The zero-order valence-corrected chi connectivity index (χ0v) is 18.6. The lowest BCUT2D eigenvalue weighted by atomic mass is 9.86. The van der Waals surface area contributed by atoms with Gasteiger partial charge in [-0.15, -0.1) is 0 Å². The molecule has 0 bridgehead atoms. The second-order valence-electron chi connectivity index (χ2n) is 9.87. The Morgan fingerprint density at radius 1 is 0.781 bits per heavy atom. The van der Waals surface area contributed by atoms with Crippen LogP contribution in [0.3, 0.4) is 0 Å². The van der Waals surface area contributed by atoms with E-state index in [1.807, 2.05) is 36.4 Å². The maximum atomic E-state index is 13.3. The van der Waals surface area contributed by atoms with Crippen molar-refractivity contribution in [3.05, 3.63) is 99.6 Å². The largest absolute Gasteiger partial charge is 0.507 e. The zero-order valence-electron chi connectivity index (χ0n) is 18.6. The molecule has 1 N–H and O–H groups in total. The monoisotopic (exact) mass is 428 g/mol. The van der Waals surface area contributed by atoms with Gasteiger partial charge in [-0.1, -0.05) is 86.3 Å². The minimum atomic E-state index is -0.367. The average Bonchev–Trinajstić information content (AvgIpc) is 3.71. The maximum absolute atomic E-state index is 13.3. The standard InChI is InChI=1S/C29H32O3/c30-26-19-27(24(15-22-11-12-22)16-23-13-14-23)32-29(31)28(26)25(17-20-7-3-1-4-8-20)18-21-9-5-2-6-10-21/h1-10,19,22-25,30H,11-18H2. The van der Waals surface area contributed by atoms with Gasteiger partial charge in [0.15, 0.2) is 0 Å². The van der Waals surface area contributed by atoms with E-state index < -0.39 is 0 Å². The highest BCUT2D eigenvalue weighted by Gasteiger charge is 2.33. The Kier molecular flexibility index (Phi) is 6.16. The molecule has 166 valence electrons. The Balaban J connectivity index is 1.46. The van der Waals surface area contributed by atoms with E-state index in [1.165, 1.54) is 25.7 Å². The molecule has 0 aliphatic heterocycles. The van der Waals surface area contributed by atoms with Gasteiger partial charge < -0.3 is 9.52 Å². The lowest BCUT2D eigenvalue weighted by Gasteiger charge is -2.20. The predicted molar refractivity (Wildman–Crippen MR) is 127 cm³/mol. The van der Waals surface area contributed by atoms with Crippen molar-refractivity contribution >= 4 is 0 Å². The van der Waals surface area contributed by atoms with E-state index in [-0.39, 0.29) is 23.2 Å². The minimum absolute atomic E-state index is 0.102. The van der Waals surface area contributed by atoms with Crippen molar-refractivity contribution in [1.29, 1.82) is 0 Å². The summed E-state index contributed by atoms with van der Waals surface area (Å²) >= 11 is 0. The summed E-state index contributed by atoms with van der Waals surface area (Å²) in [5.41, 5.74) is 2.35. The highest BCUT2D eigenvalue weighted by molar-refractivity contribution is 5.37. The van der Waals surface area contributed by atoms with E-state index in [1.54, 1.807) is 6.07 Å². The molecule has 2 saturated carbocycles. The summed E-state index contributed by atoms with van der Waals surface area (Å²) < 4.78 is 5.95. The fourth-order valence-corrected chi connectivity index (χ4v) is 5.00. The van der Waals surface area contributed by atoms with E-state index in [0.29, 0.717) is 24.2 Å². The molecule has 2 aliphatic carbocycles. The molecule has 2 aliphatic rings. The topological polar surface area (TPSA) is 50.4 Å². The summed E-state index contributed by atoms with van der Waals surface area (Å²) in [5, 5.41) is 11.1. The Morgan fingerprint density at radius 3 is 1.72 bits per heavy atom. The van der Waals surface area contributed by atoms with Gasteiger partial charge >= 0.3 is 5.63 Å². The van der Waals surface area contributed by atoms with Gasteiger partial charge in [-0.05, 0) is 48.6 Å². The van der Waals surface area contributed by atoms with Gasteiger partial charge in [-0.3, -0.25) is 0 Å². The van der Waals surface area contributed by atoms with Crippen LogP contribution >= 0.6 is 0 Å². The molecule has 0 radical (unpaired) electrons. The molecule has 32 heavy (non-hydrogen) atoms. The van der Waals surface area contributed by atoms with Crippen molar-refractivity contribution in [3.8, 4) is 5.75 Å². The molecule has 1 heterocycles. The third-order valence-corrected chi connectivity index (χ3v) is 7.08. The van der Waals surface area contributed by atoms with E-state index in [0.717, 1.165) is 35.8 Å². The van der Waals surface area contributed by atoms with Gasteiger partial charge in [0.05, 0.1) is 5.56 Å². The smallest absolute Gasteiger partial charge is 0.343 e. The average molecular weight is 429 g/mol. The van der Waals surface area contributed by atoms with Crippen LogP contribution in [0.1, 0.15) is 72.8 Å². The summed E-state index contributed by atoms with van der Waals surface area (Å²) in [5.74, 6) is 2.42. The van der Waals surface area contributed by atoms with Gasteiger partial charge in [0.1, 0.15) is 11.5 Å². The summed E-state index contributed by atoms with van der Waals surface area (Å²) in [6.07, 6.45) is 8.65. The van der Waals surface area contributed by atoms with Crippen LogP contribution < -0.4 is 5.63 Å². The van der Waals surface area contributed by atoms with Crippen molar-refractivity contribution in [2.24, 2.45) is 11.8 Å². The van der Waals surface area contributed by atoms with Crippen LogP contribution in [0.4, 0.5) is 0 Å². The quantitative estimate of drug-likeness (QED) is 0.396. The van der Waals surface area contributed by atoms with Crippen LogP contribution in [0.5, 0.6) is 5.75 Å². The molecular weight excluding hydrogens is 396 g/mol. The first-order chi connectivity index (χ1) is 15.7. The number of hydrogen-bond donors (Lipinski definition) is 1. The number of rotatable bonds is 10. The predicted octanol–water partition coefficient (Wildman–Crippen LogP) is 6.60. The van der Waals surface area contributed by atoms with Gasteiger partial charge in [-0.2, -0.15) is 0 Å². The fourth-order valence-electron chi connectivity index (χ4n) is 5.00. The van der Waals surface area contributed by atoms with Gasteiger partial charge in [0.25, 0.3) is 0 Å². The first-order valence-electron chi connectivity index (χ1n) is 12.1. The third-order valence-electron chi connectivity index (χ3n) is 7.08. The van der Waals surface area contributed by atoms with Gasteiger partial charge in [0.2, 0.25) is 0 Å². The minimum Gasteiger partial charge on any atom is -0.507 e. The van der Waals surface area contributed by atoms with Crippen LogP contribution in [0.25, 0.3) is 0 Å². The molecule has 0 saturated heterocycles. The molecule has 0 amide bonds. The van der Waals surface area contributed by atoms with Crippen LogP contribution in [0.2, 0.25) is 0 Å². The second-order valence-corrected chi connectivity index (χ2v) is 9.87. The fraction of sp³-hybridized carbons (Fsp3) is 0.414. The van der Waals surface area contributed by atoms with Crippen molar-refractivity contribution < 1.29 is 9.52 Å². The van der Waals surface area contributed by atoms with Crippen molar-refractivity contribution in [2.45, 2.75) is 63.2 Å². The third kappa shape index (κ3) is 5.32. The van der Waals surface area contributed by atoms with Gasteiger partial charge in [0, 0.05) is 17.9 Å². The summed E-state index contributed by atoms with van der Waals surface area (Å²) in [6, 6.07) is 22.1. The number of hydrogen-bond acceptors (Lipinski definition) is 3. The molecule has 0 spiro atoms. The maximum Gasteiger partial charge on any atom is 0.343 e. The van der Waals surface area contributed by atoms with Crippen LogP contribution in [0.15, 0.2) is 75.9 Å². The van der Waals surface area contributed by atoms with Crippen molar-refractivity contribution in [1.82, 2.24) is 0 Å². The molecule has 2 fully saturated rings. The normalized spacial score (nSPS) is 16.1. The van der Waals surface area contributed by atoms with E-state index in [9.17, 15) is 9.90 Å². The molecule has 5 rings (SSSR count). The Morgan fingerprint density at radius 2 is 1.28 bits per heavy atom. The van der Waals surface area contributed by atoms with Crippen molar-refractivity contribution in [3.63, 3.8) is 0 Å². The molecule has 3 heteroatoms. The molecule has 3 aromatic rings. The Bertz CT molecular complexity index is 1020. The molecule has 1 aromatic heterocycles. The molecule has 0 unspecified atom stereocenters. The first kappa shape index (κ1) is 21.1. The lowest BCUT2D eigenvalue weighted by molar-refractivity contribution is 0.356. The van der Waals surface area contributed by atoms with Crippen LogP contribution in [0, 0.1) is 11.8 Å².